The second-order valence-corrected chi connectivity index (χ2v) is 5.05. The molecule has 0 radical (unpaired) electrons. The second kappa shape index (κ2) is 5.14. The quantitative estimate of drug-likeness (QED) is 0.795. The molecule has 6 heteroatoms. The largest absolute Gasteiger partial charge is 0.379 e. The highest BCUT2D eigenvalue weighted by Gasteiger charge is 2.16. The molecular weight excluding hydrogens is 266 g/mol. The normalized spacial score (nSPS) is 18.2. The van der Waals surface area contributed by atoms with Gasteiger partial charge in [0, 0.05) is 12.8 Å². The number of rotatable bonds is 3. The van der Waals surface area contributed by atoms with E-state index < -0.39 is 0 Å². The molecule has 0 unspecified atom stereocenters. The lowest BCUT2D eigenvalue weighted by Crippen LogP contribution is -2.20. The van der Waals surface area contributed by atoms with Crippen molar-refractivity contribution in [3.05, 3.63) is 42.9 Å². The molecule has 4 rings (SSSR count). The molecule has 3 heterocycles. The van der Waals surface area contributed by atoms with E-state index in [4.69, 9.17) is 4.74 Å². The van der Waals surface area contributed by atoms with Crippen molar-refractivity contribution in [3.8, 4) is 5.82 Å². The van der Waals surface area contributed by atoms with Gasteiger partial charge in [0.25, 0.3) is 0 Å². The lowest BCUT2D eigenvalue weighted by molar-refractivity contribution is 0.195. The van der Waals surface area contributed by atoms with E-state index in [1.807, 2.05) is 34.9 Å². The molecular formula is C15H15N5O. The molecule has 1 N–H and O–H groups in total. The van der Waals surface area contributed by atoms with E-state index in [1.165, 1.54) is 0 Å². The highest BCUT2D eigenvalue weighted by molar-refractivity contribution is 5.76. The molecule has 106 valence electrons. The third-order valence-electron chi connectivity index (χ3n) is 3.60. The third-order valence-corrected chi connectivity index (χ3v) is 3.60. The first-order valence-electron chi connectivity index (χ1n) is 7.00. The summed E-state index contributed by atoms with van der Waals surface area (Å²) in [6.45, 7) is 1.51. The number of imidazole rings is 1. The smallest absolute Gasteiger partial charge is 0.224 e. The molecule has 0 saturated carbocycles. The van der Waals surface area contributed by atoms with Gasteiger partial charge in [0.15, 0.2) is 0 Å². The van der Waals surface area contributed by atoms with Crippen LogP contribution >= 0.6 is 0 Å². The zero-order chi connectivity index (χ0) is 14.1. The van der Waals surface area contributed by atoms with Gasteiger partial charge >= 0.3 is 0 Å². The van der Waals surface area contributed by atoms with Crippen molar-refractivity contribution in [2.45, 2.75) is 12.5 Å². The van der Waals surface area contributed by atoms with Crippen LogP contribution in [0.25, 0.3) is 16.9 Å². The first-order chi connectivity index (χ1) is 10.4. The van der Waals surface area contributed by atoms with Crippen molar-refractivity contribution in [1.29, 1.82) is 0 Å². The van der Waals surface area contributed by atoms with Gasteiger partial charge in [-0.25, -0.2) is 9.97 Å². The summed E-state index contributed by atoms with van der Waals surface area (Å²) < 4.78 is 7.32. The zero-order valence-corrected chi connectivity index (χ0v) is 11.4. The van der Waals surface area contributed by atoms with Crippen LogP contribution in [0.5, 0.6) is 0 Å². The minimum Gasteiger partial charge on any atom is -0.379 e. The van der Waals surface area contributed by atoms with Gasteiger partial charge in [0.05, 0.1) is 23.7 Å². The van der Waals surface area contributed by atoms with Gasteiger partial charge in [-0.15, -0.1) is 0 Å². The maximum absolute atomic E-state index is 5.36. The van der Waals surface area contributed by atoms with Crippen molar-refractivity contribution >= 4 is 17.0 Å². The molecule has 0 amide bonds. The van der Waals surface area contributed by atoms with Crippen LogP contribution in [0.2, 0.25) is 0 Å². The lowest BCUT2D eigenvalue weighted by atomic mass is 10.3. The monoisotopic (exact) mass is 281 g/mol. The highest BCUT2D eigenvalue weighted by Crippen LogP contribution is 2.17. The molecule has 1 aromatic carbocycles. The van der Waals surface area contributed by atoms with Gasteiger partial charge < -0.3 is 10.1 Å². The summed E-state index contributed by atoms with van der Waals surface area (Å²) in [6.07, 6.45) is 4.53. The number of para-hydroxylation sites is 2. The average molecular weight is 281 g/mol. The van der Waals surface area contributed by atoms with Crippen molar-refractivity contribution in [2.24, 2.45) is 0 Å². The highest BCUT2D eigenvalue weighted by atomic mass is 16.5. The van der Waals surface area contributed by atoms with E-state index in [-0.39, 0.29) is 0 Å². The molecule has 1 atom stereocenters. The molecule has 6 nitrogen and oxygen atoms in total. The fourth-order valence-electron chi connectivity index (χ4n) is 2.53. The Morgan fingerprint density at radius 2 is 2.14 bits per heavy atom. The van der Waals surface area contributed by atoms with Crippen LogP contribution in [0.15, 0.2) is 42.9 Å². The number of hydrogen-bond donors (Lipinski definition) is 1. The van der Waals surface area contributed by atoms with Gasteiger partial charge in [-0.05, 0) is 24.6 Å². The van der Waals surface area contributed by atoms with Crippen molar-refractivity contribution < 1.29 is 4.74 Å². The summed E-state index contributed by atoms with van der Waals surface area (Å²) in [4.78, 5) is 13.2. The van der Waals surface area contributed by atoms with E-state index in [2.05, 4.69) is 20.3 Å². The molecule has 21 heavy (non-hydrogen) atoms. The molecule has 3 aromatic rings. The zero-order valence-electron chi connectivity index (χ0n) is 11.4. The van der Waals surface area contributed by atoms with E-state index in [0.29, 0.717) is 18.6 Å². The van der Waals surface area contributed by atoms with Gasteiger partial charge in [-0.1, -0.05) is 12.1 Å². The lowest BCUT2D eigenvalue weighted by Gasteiger charge is -2.11. The first kappa shape index (κ1) is 12.3. The van der Waals surface area contributed by atoms with Crippen LogP contribution in [-0.4, -0.2) is 38.8 Å². The fourth-order valence-corrected chi connectivity index (χ4v) is 2.53. The average Bonchev–Trinajstić information content (AvgIpc) is 3.16. The molecule has 1 aliphatic rings. The molecule has 1 saturated heterocycles. The van der Waals surface area contributed by atoms with Gasteiger partial charge in [-0.3, -0.25) is 4.57 Å². The maximum Gasteiger partial charge on any atom is 0.224 e. The van der Waals surface area contributed by atoms with Crippen LogP contribution in [0.1, 0.15) is 6.42 Å². The Morgan fingerprint density at radius 3 is 3.05 bits per heavy atom. The Balaban J connectivity index is 1.68. The minimum absolute atomic E-state index is 0.291. The van der Waals surface area contributed by atoms with Crippen molar-refractivity contribution in [3.63, 3.8) is 0 Å². The van der Waals surface area contributed by atoms with E-state index in [1.54, 1.807) is 12.5 Å². The topological polar surface area (TPSA) is 64.9 Å². The van der Waals surface area contributed by atoms with Crippen LogP contribution < -0.4 is 5.32 Å². The van der Waals surface area contributed by atoms with Gasteiger partial charge in [0.2, 0.25) is 5.95 Å². The predicted octanol–water partition coefficient (Wildman–Crippen LogP) is 2.02. The minimum atomic E-state index is 0.291. The van der Waals surface area contributed by atoms with Crippen LogP contribution in [-0.2, 0) is 4.74 Å². The van der Waals surface area contributed by atoms with Crippen LogP contribution in [0.3, 0.4) is 0 Å². The van der Waals surface area contributed by atoms with Crippen LogP contribution in [0, 0.1) is 0 Å². The first-order valence-corrected chi connectivity index (χ1v) is 7.00. The Morgan fingerprint density at radius 1 is 1.19 bits per heavy atom. The molecule has 0 aliphatic carbocycles. The number of fused-ring (bicyclic) bond motifs is 1. The van der Waals surface area contributed by atoms with Gasteiger partial charge in [-0.2, -0.15) is 4.98 Å². The van der Waals surface area contributed by atoms with Gasteiger partial charge in [0.1, 0.15) is 12.1 Å². The summed E-state index contributed by atoms with van der Waals surface area (Å²) in [6, 6.07) is 10.2. The molecule has 0 bridgehead atoms. The molecule has 1 fully saturated rings. The number of nitrogens with zero attached hydrogens (tertiary/aromatic N) is 4. The predicted molar refractivity (Wildman–Crippen MR) is 79.5 cm³/mol. The van der Waals surface area contributed by atoms with Crippen molar-refractivity contribution in [1.82, 2.24) is 19.5 Å². The van der Waals surface area contributed by atoms with E-state index >= 15 is 0 Å². The number of aromatic nitrogens is 4. The van der Waals surface area contributed by atoms with E-state index in [0.717, 1.165) is 29.9 Å². The number of hydrogen-bond acceptors (Lipinski definition) is 5. The Kier molecular flexibility index (Phi) is 3.01. The maximum atomic E-state index is 5.36. The molecule has 1 aliphatic heterocycles. The summed E-state index contributed by atoms with van der Waals surface area (Å²) in [5, 5.41) is 3.31. The second-order valence-electron chi connectivity index (χ2n) is 5.05. The Labute approximate surface area is 121 Å². The molecule has 2 aromatic heterocycles. The third kappa shape index (κ3) is 2.34. The fraction of sp³-hybridized carbons (Fsp3) is 0.267. The number of benzene rings is 1. The summed E-state index contributed by atoms with van der Waals surface area (Å²) in [7, 11) is 0. The number of nitrogens with one attached hydrogen (secondary N) is 1. The Hall–Kier alpha value is -2.47. The molecule has 0 spiro atoms. The summed E-state index contributed by atoms with van der Waals surface area (Å²) in [5.41, 5.74) is 1.99. The van der Waals surface area contributed by atoms with Crippen molar-refractivity contribution in [2.75, 3.05) is 18.5 Å². The van der Waals surface area contributed by atoms with Crippen LogP contribution in [0.4, 0.5) is 5.95 Å². The Bertz CT molecular complexity index is 763. The standard InChI is InChI=1S/C15H15N5O/c1-2-4-13-12(3-1)17-10-20(13)14-5-7-16-15(19-14)18-11-6-8-21-9-11/h1-5,7,10-11H,6,8-9H2,(H,16,18,19)/t11-/m1/s1. The van der Waals surface area contributed by atoms with E-state index in [9.17, 15) is 0 Å². The summed E-state index contributed by atoms with van der Waals surface area (Å²) >= 11 is 0. The number of anilines is 1. The summed E-state index contributed by atoms with van der Waals surface area (Å²) in [5.74, 6) is 1.43. The number of ether oxygens (including phenoxy) is 1. The SMILES string of the molecule is c1ccc2c(c1)ncn2-c1ccnc(N[C@@H]2CCOC2)n1.